The summed E-state index contributed by atoms with van der Waals surface area (Å²) in [6.07, 6.45) is 3.43. The molecule has 1 rings (SSSR count). The maximum Gasteiger partial charge on any atom is 0.0655 e. The normalized spacial score (nSPS) is 36.2. The zero-order chi connectivity index (χ0) is 8.48. The molecule has 0 aliphatic heterocycles. The summed E-state index contributed by atoms with van der Waals surface area (Å²) in [5.41, 5.74) is 0.388. The van der Waals surface area contributed by atoms with Crippen LogP contribution in [0.25, 0.3) is 0 Å². The molecule has 0 amide bonds. The Hall–Kier alpha value is -0.510. The third-order valence-corrected chi connectivity index (χ3v) is 3.24. The highest BCUT2D eigenvalue weighted by Crippen LogP contribution is 2.42. The van der Waals surface area contributed by atoms with Crippen LogP contribution >= 0.6 is 0 Å². The second kappa shape index (κ2) is 2.85. The predicted octanol–water partition coefficient (Wildman–Crippen LogP) is 2.97. The van der Waals surface area contributed by atoms with Crippen LogP contribution in [0.15, 0.2) is 0 Å². The first-order valence-corrected chi connectivity index (χ1v) is 4.46. The molecule has 0 aromatic heterocycles. The summed E-state index contributed by atoms with van der Waals surface area (Å²) in [5.74, 6) is 1.10. The molecule has 1 saturated carbocycles. The van der Waals surface area contributed by atoms with E-state index in [4.69, 9.17) is 5.26 Å². The highest BCUT2D eigenvalue weighted by Gasteiger charge is 2.33. The molecule has 0 spiro atoms. The summed E-state index contributed by atoms with van der Waals surface area (Å²) in [5, 5.41) is 8.76. The lowest BCUT2D eigenvalue weighted by Crippen LogP contribution is -2.29. The number of hydrogen-bond acceptors (Lipinski definition) is 1. The van der Waals surface area contributed by atoms with Crippen molar-refractivity contribution in [1.82, 2.24) is 0 Å². The van der Waals surface area contributed by atoms with Crippen molar-refractivity contribution in [2.45, 2.75) is 40.0 Å². The molecule has 62 valence electrons. The van der Waals surface area contributed by atoms with Crippen molar-refractivity contribution in [2.75, 3.05) is 0 Å². The maximum atomic E-state index is 8.76. The van der Waals surface area contributed by atoms with Gasteiger partial charge in [0, 0.05) is 5.92 Å². The van der Waals surface area contributed by atoms with E-state index in [9.17, 15) is 0 Å². The van der Waals surface area contributed by atoms with Crippen LogP contribution in [0.1, 0.15) is 40.0 Å². The fourth-order valence-corrected chi connectivity index (χ4v) is 1.89. The molecular formula is C10H17N. The van der Waals surface area contributed by atoms with Crippen LogP contribution in [0, 0.1) is 28.6 Å². The van der Waals surface area contributed by atoms with Crippen LogP contribution in [0.5, 0.6) is 0 Å². The molecule has 0 N–H and O–H groups in total. The predicted molar refractivity (Wildman–Crippen MR) is 45.9 cm³/mol. The second-order valence-corrected chi connectivity index (χ2v) is 4.50. The first kappa shape index (κ1) is 8.59. The molecular weight excluding hydrogens is 134 g/mol. The van der Waals surface area contributed by atoms with Gasteiger partial charge in [0.05, 0.1) is 6.07 Å². The van der Waals surface area contributed by atoms with Gasteiger partial charge in [0.25, 0.3) is 0 Å². The van der Waals surface area contributed by atoms with Gasteiger partial charge >= 0.3 is 0 Å². The molecule has 0 aromatic carbocycles. The van der Waals surface area contributed by atoms with E-state index in [1.165, 1.54) is 6.42 Å². The fourth-order valence-electron chi connectivity index (χ4n) is 1.89. The number of nitriles is 1. The summed E-state index contributed by atoms with van der Waals surface area (Å²) in [4.78, 5) is 0. The third-order valence-electron chi connectivity index (χ3n) is 3.24. The summed E-state index contributed by atoms with van der Waals surface area (Å²) in [6, 6.07) is 2.38. The van der Waals surface area contributed by atoms with E-state index in [-0.39, 0.29) is 0 Å². The van der Waals surface area contributed by atoms with Gasteiger partial charge in [-0.15, -0.1) is 0 Å². The smallest absolute Gasteiger partial charge is 0.0655 e. The first-order valence-electron chi connectivity index (χ1n) is 4.46. The van der Waals surface area contributed by atoms with Crippen LogP contribution in [0.4, 0.5) is 0 Å². The Labute approximate surface area is 69.4 Å². The van der Waals surface area contributed by atoms with Crippen molar-refractivity contribution in [3.8, 4) is 6.07 Å². The van der Waals surface area contributed by atoms with Gasteiger partial charge in [-0.1, -0.05) is 20.8 Å². The van der Waals surface area contributed by atoms with Crippen molar-refractivity contribution >= 4 is 0 Å². The largest absolute Gasteiger partial charge is 0.198 e. The lowest BCUT2D eigenvalue weighted by Gasteiger charge is -2.38. The number of hydrogen-bond donors (Lipinski definition) is 0. The Kier molecular flexibility index (Phi) is 2.23. The molecule has 1 aliphatic rings. The van der Waals surface area contributed by atoms with E-state index in [1.54, 1.807) is 0 Å². The summed E-state index contributed by atoms with van der Waals surface area (Å²) in [6.45, 7) is 6.86. The quantitative estimate of drug-likeness (QED) is 0.522. The lowest BCUT2D eigenvalue weighted by molar-refractivity contribution is 0.128. The van der Waals surface area contributed by atoms with Crippen molar-refractivity contribution < 1.29 is 0 Å². The van der Waals surface area contributed by atoms with Crippen molar-refractivity contribution in [1.29, 1.82) is 5.26 Å². The second-order valence-electron chi connectivity index (χ2n) is 4.50. The summed E-state index contributed by atoms with van der Waals surface area (Å²) < 4.78 is 0. The number of nitrogens with zero attached hydrogens (tertiary/aromatic N) is 1. The Balaban J connectivity index is 2.61. The Morgan fingerprint density at radius 1 is 1.36 bits per heavy atom. The molecule has 0 radical (unpaired) electrons. The van der Waals surface area contributed by atoms with Crippen LogP contribution in [-0.2, 0) is 0 Å². The number of rotatable bonds is 0. The molecule has 1 heteroatoms. The fraction of sp³-hybridized carbons (Fsp3) is 0.900. The van der Waals surface area contributed by atoms with E-state index in [1.807, 2.05) is 0 Å². The van der Waals surface area contributed by atoms with Crippen LogP contribution < -0.4 is 0 Å². The summed E-state index contributed by atoms with van der Waals surface area (Å²) >= 11 is 0. The van der Waals surface area contributed by atoms with Gasteiger partial charge in [0.2, 0.25) is 0 Å². The molecule has 0 bridgehead atoms. The molecule has 2 unspecified atom stereocenters. The minimum Gasteiger partial charge on any atom is -0.198 e. The third kappa shape index (κ3) is 1.74. The lowest BCUT2D eigenvalue weighted by atomic mass is 9.66. The van der Waals surface area contributed by atoms with Crippen molar-refractivity contribution in [3.63, 3.8) is 0 Å². The van der Waals surface area contributed by atoms with E-state index < -0.39 is 0 Å². The Morgan fingerprint density at radius 3 is 2.45 bits per heavy atom. The van der Waals surface area contributed by atoms with E-state index in [0.29, 0.717) is 11.3 Å². The standard InChI is InChI=1S/C10H17N/c1-8-4-5-9(7-11)6-10(8,2)3/h8-9H,4-6H2,1-3H3. The Bertz CT molecular complexity index is 176. The molecule has 1 fully saturated rings. The zero-order valence-electron chi connectivity index (χ0n) is 7.72. The average molecular weight is 151 g/mol. The maximum absolute atomic E-state index is 8.76. The van der Waals surface area contributed by atoms with Gasteiger partial charge in [0.1, 0.15) is 0 Å². The van der Waals surface area contributed by atoms with Crippen LogP contribution in [0.3, 0.4) is 0 Å². The summed E-state index contributed by atoms with van der Waals surface area (Å²) in [7, 11) is 0. The molecule has 1 nitrogen and oxygen atoms in total. The van der Waals surface area contributed by atoms with Gasteiger partial charge in [-0.05, 0) is 30.6 Å². The van der Waals surface area contributed by atoms with Gasteiger partial charge in [-0.25, -0.2) is 0 Å². The van der Waals surface area contributed by atoms with Gasteiger partial charge < -0.3 is 0 Å². The molecule has 0 aromatic rings. The Morgan fingerprint density at radius 2 is 2.00 bits per heavy atom. The highest BCUT2D eigenvalue weighted by molar-refractivity contribution is 4.93. The van der Waals surface area contributed by atoms with Crippen LogP contribution in [-0.4, -0.2) is 0 Å². The minimum absolute atomic E-state index is 0.321. The average Bonchev–Trinajstić information content (AvgIpc) is 1.95. The highest BCUT2D eigenvalue weighted by atomic mass is 14.4. The molecule has 0 heterocycles. The topological polar surface area (TPSA) is 23.8 Å². The van der Waals surface area contributed by atoms with E-state index in [0.717, 1.165) is 18.8 Å². The van der Waals surface area contributed by atoms with E-state index >= 15 is 0 Å². The minimum atomic E-state index is 0.321. The van der Waals surface area contributed by atoms with Gasteiger partial charge in [0.15, 0.2) is 0 Å². The van der Waals surface area contributed by atoms with Crippen molar-refractivity contribution in [3.05, 3.63) is 0 Å². The van der Waals surface area contributed by atoms with Crippen LogP contribution in [0.2, 0.25) is 0 Å². The molecule has 0 saturated heterocycles. The molecule has 1 aliphatic carbocycles. The molecule has 2 atom stereocenters. The first-order chi connectivity index (χ1) is 5.06. The zero-order valence-corrected chi connectivity index (χ0v) is 7.72. The van der Waals surface area contributed by atoms with Crippen molar-refractivity contribution in [2.24, 2.45) is 17.3 Å². The van der Waals surface area contributed by atoms with E-state index in [2.05, 4.69) is 26.8 Å². The van der Waals surface area contributed by atoms with Gasteiger partial charge in [-0.3, -0.25) is 0 Å². The SMILES string of the molecule is CC1CCC(C#N)CC1(C)C. The molecule has 11 heavy (non-hydrogen) atoms. The monoisotopic (exact) mass is 151 g/mol. The van der Waals surface area contributed by atoms with Gasteiger partial charge in [-0.2, -0.15) is 5.26 Å².